The lowest BCUT2D eigenvalue weighted by Gasteiger charge is -2.19. The Labute approximate surface area is 92.9 Å². The van der Waals surface area contributed by atoms with Crippen molar-refractivity contribution < 1.29 is 0 Å². The van der Waals surface area contributed by atoms with Crippen molar-refractivity contribution in [1.29, 1.82) is 0 Å². The number of aryl methyl sites for hydroxylation is 3. The number of hydrogen-bond donors (Lipinski definition) is 1. The van der Waals surface area contributed by atoms with Gasteiger partial charge in [0.25, 0.3) is 0 Å². The predicted molar refractivity (Wildman–Crippen MR) is 66.5 cm³/mol. The maximum absolute atomic E-state index is 3.67. The Kier molecular flexibility index (Phi) is 2.72. The van der Waals surface area contributed by atoms with Crippen LogP contribution in [0.15, 0.2) is 12.1 Å². The molecule has 0 heterocycles. The Morgan fingerprint density at radius 1 is 1.13 bits per heavy atom. The second-order valence-electron chi connectivity index (χ2n) is 5.04. The Balaban J connectivity index is 2.19. The molecular formula is C14H21N. The van der Waals surface area contributed by atoms with Crippen LogP contribution in [0.4, 0.5) is 5.69 Å². The molecule has 1 atom stereocenters. The Bertz CT molecular complexity index is 341. The van der Waals surface area contributed by atoms with Crippen LogP contribution in [-0.2, 0) is 0 Å². The molecule has 1 heteroatoms. The summed E-state index contributed by atoms with van der Waals surface area (Å²) in [5.41, 5.74) is 5.45. The van der Waals surface area contributed by atoms with E-state index in [1.54, 1.807) is 0 Å². The predicted octanol–water partition coefficient (Wildman–Crippen LogP) is 3.82. The minimum atomic E-state index is 0.630. The summed E-state index contributed by atoms with van der Waals surface area (Å²) in [5, 5.41) is 3.67. The number of nitrogens with one attached hydrogen (secondary N) is 1. The van der Waals surface area contributed by atoms with Gasteiger partial charge in [-0.25, -0.2) is 0 Å². The summed E-state index contributed by atoms with van der Waals surface area (Å²) in [6.07, 6.45) is 2.80. The Hall–Kier alpha value is -0.980. The van der Waals surface area contributed by atoms with Crippen LogP contribution >= 0.6 is 0 Å². The molecule has 1 nitrogen and oxygen atoms in total. The molecule has 0 bridgehead atoms. The van der Waals surface area contributed by atoms with Crippen LogP contribution in [-0.4, -0.2) is 6.04 Å². The second kappa shape index (κ2) is 3.88. The van der Waals surface area contributed by atoms with Gasteiger partial charge in [0, 0.05) is 11.7 Å². The monoisotopic (exact) mass is 203 g/mol. The third-order valence-corrected chi connectivity index (χ3v) is 3.38. The van der Waals surface area contributed by atoms with Crippen LogP contribution < -0.4 is 5.32 Å². The molecule has 1 saturated carbocycles. The lowest BCUT2D eigenvalue weighted by Crippen LogP contribution is -2.18. The minimum Gasteiger partial charge on any atom is -0.382 e. The largest absolute Gasteiger partial charge is 0.382 e. The van der Waals surface area contributed by atoms with Crippen LogP contribution in [0.3, 0.4) is 0 Å². The summed E-state index contributed by atoms with van der Waals surface area (Å²) < 4.78 is 0. The van der Waals surface area contributed by atoms with Crippen molar-refractivity contribution in [3.8, 4) is 0 Å². The van der Waals surface area contributed by atoms with Gasteiger partial charge in [0.1, 0.15) is 0 Å². The molecule has 2 rings (SSSR count). The van der Waals surface area contributed by atoms with E-state index in [2.05, 4.69) is 45.1 Å². The van der Waals surface area contributed by atoms with Crippen LogP contribution in [0.25, 0.3) is 0 Å². The molecule has 0 radical (unpaired) electrons. The van der Waals surface area contributed by atoms with Gasteiger partial charge in [0.05, 0.1) is 0 Å². The first-order valence-electron chi connectivity index (χ1n) is 5.92. The van der Waals surface area contributed by atoms with E-state index in [9.17, 15) is 0 Å². The van der Waals surface area contributed by atoms with Crippen LogP contribution in [0.2, 0.25) is 0 Å². The van der Waals surface area contributed by atoms with Gasteiger partial charge in [-0.2, -0.15) is 0 Å². The fourth-order valence-corrected chi connectivity index (χ4v) is 2.35. The normalized spacial score (nSPS) is 17.6. The zero-order chi connectivity index (χ0) is 11.0. The molecule has 1 fully saturated rings. The molecule has 1 aliphatic carbocycles. The van der Waals surface area contributed by atoms with Crippen molar-refractivity contribution in [2.45, 2.75) is 46.6 Å². The molecule has 0 aromatic heterocycles. The molecule has 15 heavy (non-hydrogen) atoms. The van der Waals surface area contributed by atoms with Crippen LogP contribution in [0.5, 0.6) is 0 Å². The molecule has 0 amide bonds. The summed E-state index contributed by atoms with van der Waals surface area (Å²) >= 11 is 0. The highest BCUT2D eigenvalue weighted by molar-refractivity contribution is 5.58. The van der Waals surface area contributed by atoms with Gasteiger partial charge in [0.2, 0.25) is 0 Å². The van der Waals surface area contributed by atoms with Gasteiger partial charge < -0.3 is 5.32 Å². The van der Waals surface area contributed by atoms with Crippen LogP contribution in [0, 0.1) is 26.7 Å². The van der Waals surface area contributed by atoms with Gasteiger partial charge >= 0.3 is 0 Å². The standard InChI is InChI=1S/C14H21N/c1-9-7-10(2)14(11(3)8-9)15-12(4)13-5-6-13/h7-8,12-13,15H,5-6H2,1-4H3. The van der Waals surface area contributed by atoms with Crippen molar-refractivity contribution in [2.24, 2.45) is 5.92 Å². The van der Waals surface area contributed by atoms with Gasteiger partial charge in [-0.1, -0.05) is 17.7 Å². The Morgan fingerprint density at radius 3 is 2.13 bits per heavy atom. The molecule has 82 valence electrons. The molecule has 1 aromatic carbocycles. The molecule has 0 saturated heterocycles. The lowest BCUT2D eigenvalue weighted by molar-refractivity contribution is 0.693. The number of hydrogen-bond acceptors (Lipinski definition) is 1. The first-order chi connectivity index (χ1) is 7.08. The van der Waals surface area contributed by atoms with E-state index in [-0.39, 0.29) is 0 Å². The van der Waals surface area contributed by atoms with E-state index in [0.717, 1.165) is 5.92 Å². The summed E-state index contributed by atoms with van der Waals surface area (Å²) in [7, 11) is 0. The number of anilines is 1. The summed E-state index contributed by atoms with van der Waals surface area (Å²) in [6.45, 7) is 8.86. The van der Waals surface area contributed by atoms with E-state index in [1.165, 1.54) is 35.2 Å². The molecule has 1 N–H and O–H groups in total. The molecule has 0 aliphatic heterocycles. The molecule has 0 spiro atoms. The van der Waals surface area contributed by atoms with Gasteiger partial charge in [0.15, 0.2) is 0 Å². The highest BCUT2D eigenvalue weighted by atomic mass is 14.9. The SMILES string of the molecule is Cc1cc(C)c(NC(C)C2CC2)c(C)c1. The maximum Gasteiger partial charge on any atom is 0.0401 e. The first kappa shape index (κ1) is 10.5. The van der Waals surface area contributed by atoms with Crippen LogP contribution in [0.1, 0.15) is 36.5 Å². The maximum atomic E-state index is 3.67. The van der Waals surface area contributed by atoms with Crippen molar-refractivity contribution in [2.75, 3.05) is 5.32 Å². The van der Waals surface area contributed by atoms with E-state index < -0.39 is 0 Å². The molecule has 1 aliphatic rings. The quantitative estimate of drug-likeness (QED) is 0.787. The molecule has 1 aromatic rings. The summed E-state index contributed by atoms with van der Waals surface area (Å²) in [6, 6.07) is 5.15. The fraction of sp³-hybridized carbons (Fsp3) is 0.571. The minimum absolute atomic E-state index is 0.630. The van der Waals surface area contributed by atoms with Gasteiger partial charge in [-0.3, -0.25) is 0 Å². The average Bonchev–Trinajstić information content (AvgIpc) is 2.93. The number of rotatable bonds is 3. The van der Waals surface area contributed by atoms with Crippen molar-refractivity contribution in [3.05, 3.63) is 28.8 Å². The average molecular weight is 203 g/mol. The number of benzene rings is 1. The molecular weight excluding hydrogens is 182 g/mol. The van der Waals surface area contributed by atoms with E-state index >= 15 is 0 Å². The lowest BCUT2D eigenvalue weighted by atomic mass is 10.0. The highest BCUT2D eigenvalue weighted by Crippen LogP contribution is 2.35. The third kappa shape index (κ3) is 2.34. The smallest absolute Gasteiger partial charge is 0.0401 e. The van der Waals surface area contributed by atoms with Crippen molar-refractivity contribution in [3.63, 3.8) is 0 Å². The second-order valence-corrected chi connectivity index (χ2v) is 5.04. The highest BCUT2D eigenvalue weighted by Gasteiger charge is 2.28. The topological polar surface area (TPSA) is 12.0 Å². The summed E-state index contributed by atoms with van der Waals surface area (Å²) in [4.78, 5) is 0. The zero-order valence-electron chi connectivity index (χ0n) is 10.2. The third-order valence-electron chi connectivity index (χ3n) is 3.38. The van der Waals surface area contributed by atoms with Gasteiger partial charge in [-0.05, 0) is 57.6 Å². The van der Waals surface area contributed by atoms with E-state index in [0.29, 0.717) is 6.04 Å². The first-order valence-corrected chi connectivity index (χ1v) is 5.92. The van der Waals surface area contributed by atoms with E-state index in [1.807, 2.05) is 0 Å². The molecule has 1 unspecified atom stereocenters. The summed E-state index contributed by atoms with van der Waals surface area (Å²) in [5.74, 6) is 0.908. The Morgan fingerprint density at radius 2 is 1.67 bits per heavy atom. The fourth-order valence-electron chi connectivity index (χ4n) is 2.35. The van der Waals surface area contributed by atoms with Crippen molar-refractivity contribution >= 4 is 5.69 Å². The zero-order valence-corrected chi connectivity index (χ0v) is 10.2. The van der Waals surface area contributed by atoms with Gasteiger partial charge in [-0.15, -0.1) is 0 Å². The van der Waals surface area contributed by atoms with E-state index in [4.69, 9.17) is 0 Å². The van der Waals surface area contributed by atoms with Crippen molar-refractivity contribution in [1.82, 2.24) is 0 Å².